The molecule has 2 heterocycles. The van der Waals surface area contributed by atoms with E-state index in [0.717, 1.165) is 13.0 Å². The molecule has 0 radical (unpaired) electrons. The number of nitrogens with two attached hydrogens (primary N) is 1. The molecule has 14 heavy (non-hydrogen) atoms. The zero-order chi connectivity index (χ0) is 9.86. The predicted molar refractivity (Wildman–Crippen MR) is 61.4 cm³/mol. The van der Waals surface area contributed by atoms with Gasteiger partial charge in [-0.05, 0) is 42.7 Å². The molecule has 1 aromatic rings. The molecule has 1 unspecified atom stereocenters. The van der Waals surface area contributed by atoms with Crippen molar-refractivity contribution in [1.29, 1.82) is 0 Å². The summed E-state index contributed by atoms with van der Waals surface area (Å²) in [6.07, 6.45) is 7.39. The van der Waals surface area contributed by atoms with Gasteiger partial charge in [-0.3, -0.25) is 4.98 Å². The van der Waals surface area contributed by atoms with E-state index in [1.165, 1.54) is 24.2 Å². The van der Waals surface area contributed by atoms with Crippen molar-refractivity contribution in [3.05, 3.63) is 30.1 Å². The maximum Gasteiger partial charge on any atom is 0.0322 e. The van der Waals surface area contributed by atoms with E-state index in [1.807, 2.05) is 24.2 Å². The van der Waals surface area contributed by atoms with Crippen LogP contribution in [0.25, 0.3) is 0 Å². The Kier molecular flexibility index (Phi) is 3.08. The van der Waals surface area contributed by atoms with E-state index in [0.29, 0.717) is 4.75 Å². The molecule has 2 rings (SSSR count). The highest BCUT2D eigenvalue weighted by molar-refractivity contribution is 8.00. The first-order chi connectivity index (χ1) is 6.85. The standard InChI is InChI=1S/C11H16N2S/c12-9-11(4-1-7-14-11)8-10-2-5-13-6-3-10/h2-3,5-6H,1,4,7-9,12H2. The van der Waals surface area contributed by atoms with Crippen LogP contribution >= 0.6 is 11.8 Å². The molecule has 1 aliphatic rings. The molecule has 0 spiro atoms. The number of hydrogen-bond acceptors (Lipinski definition) is 3. The van der Waals surface area contributed by atoms with Crippen LogP contribution in [-0.2, 0) is 6.42 Å². The molecule has 3 heteroatoms. The highest BCUT2D eigenvalue weighted by atomic mass is 32.2. The van der Waals surface area contributed by atoms with Crippen LogP contribution in [0.15, 0.2) is 24.5 Å². The molecule has 0 bridgehead atoms. The summed E-state index contributed by atoms with van der Waals surface area (Å²) in [5, 5.41) is 0. The fourth-order valence-electron chi connectivity index (χ4n) is 2.00. The van der Waals surface area contributed by atoms with Gasteiger partial charge in [0.1, 0.15) is 0 Å². The van der Waals surface area contributed by atoms with E-state index in [4.69, 9.17) is 5.73 Å². The van der Waals surface area contributed by atoms with Crippen LogP contribution in [0.4, 0.5) is 0 Å². The van der Waals surface area contributed by atoms with Crippen LogP contribution in [0.1, 0.15) is 18.4 Å². The molecular weight excluding hydrogens is 192 g/mol. The molecule has 1 saturated heterocycles. The molecular formula is C11H16N2S. The average molecular weight is 208 g/mol. The lowest BCUT2D eigenvalue weighted by Crippen LogP contribution is -2.34. The highest BCUT2D eigenvalue weighted by Gasteiger charge is 2.33. The summed E-state index contributed by atoms with van der Waals surface area (Å²) in [4.78, 5) is 4.03. The normalized spacial score (nSPS) is 26.6. The van der Waals surface area contributed by atoms with E-state index in [9.17, 15) is 0 Å². The van der Waals surface area contributed by atoms with Crippen LogP contribution in [0, 0.1) is 0 Å². The molecule has 2 nitrogen and oxygen atoms in total. The van der Waals surface area contributed by atoms with Gasteiger partial charge in [-0.15, -0.1) is 0 Å². The van der Waals surface area contributed by atoms with Crippen molar-refractivity contribution in [1.82, 2.24) is 4.98 Å². The third-order valence-electron chi connectivity index (χ3n) is 2.83. The third kappa shape index (κ3) is 2.10. The second-order valence-electron chi connectivity index (χ2n) is 3.87. The fraction of sp³-hybridized carbons (Fsp3) is 0.545. The summed E-state index contributed by atoms with van der Waals surface area (Å²) >= 11 is 2.04. The summed E-state index contributed by atoms with van der Waals surface area (Å²) in [5.74, 6) is 1.27. The monoisotopic (exact) mass is 208 g/mol. The van der Waals surface area contributed by atoms with Gasteiger partial charge in [-0.25, -0.2) is 0 Å². The number of aromatic nitrogens is 1. The van der Waals surface area contributed by atoms with E-state index in [2.05, 4.69) is 17.1 Å². The Bertz CT molecular complexity index is 281. The van der Waals surface area contributed by atoms with Gasteiger partial charge in [-0.1, -0.05) is 0 Å². The number of thioether (sulfide) groups is 1. The van der Waals surface area contributed by atoms with Crippen LogP contribution in [-0.4, -0.2) is 22.0 Å². The summed E-state index contributed by atoms with van der Waals surface area (Å²) < 4.78 is 0.307. The van der Waals surface area contributed by atoms with Crippen molar-refractivity contribution < 1.29 is 0 Å². The Morgan fingerprint density at radius 3 is 2.79 bits per heavy atom. The fourth-order valence-corrected chi connectivity index (χ4v) is 3.40. The van der Waals surface area contributed by atoms with Crippen LogP contribution in [0.2, 0.25) is 0 Å². The molecule has 0 aromatic carbocycles. The summed E-state index contributed by atoms with van der Waals surface area (Å²) in [6.45, 7) is 0.792. The molecule has 76 valence electrons. The van der Waals surface area contributed by atoms with Crippen molar-refractivity contribution in [3.8, 4) is 0 Å². The predicted octanol–water partition coefficient (Wildman–Crippen LogP) is 1.85. The Morgan fingerprint density at radius 2 is 2.21 bits per heavy atom. The first kappa shape index (κ1) is 9.99. The van der Waals surface area contributed by atoms with Gasteiger partial charge in [0.25, 0.3) is 0 Å². The molecule has 0 saturated carbocycles. The number of rotatable bonds is 3. The SMILES string of the molecule is NCC1(Cc2ccncc2)CCCS1. The smallest absolute Gasteiger partial charge is 0.0322 e. The summed E-state index contributed by atoms with van der Waals surface area (Å²) in [5.41, 5.74) is 7.24. The lowest BCUT2D eigenvalue weighted by atomic mass is 9.95. The van der Waals surface area contributed by atoms with E-state index < -0.39 is 0 Å². The second kappa shape index (κ2) is 4.32. The van der Waals surface area contributed by atoms with Crippen LogP contribution in [0.5, 0.6) is 0 Å². The van der Waals surface area contributed by atoms with Gasteiger partial charge in [-0.2, -0.15) is 11.8 Å². The maximum absolute atomic E-state index is 5.88. The molecule has 0 amide bonds. The third-order valence-corrected chi connectivity index (χ3v) is 4.45. The van der Waals surface area contributed by atoms with Gasteiger partial charge in [0.2, 0.25) is 0 Å². The molecule has 1 aliphatic heterocycles. The minimum Gasteiger partial charge on any atom is -0.329 e. The van der Waals surface area contributed by atoms with Crippen LogP contribution in [0.3, 0.4) is 0 Å². The summed E-state index contributed by atoms with van der Waals surface area (Å²) in [6, 6.07) is 4.19. The van der Waals surface area contributed by atoms with Gasteiger partial charge in [0, 0.05) is 23.7 Å². The Hall–Kier alpha value is -0.540. The molecule has 2 N–H and O–H groups in total. The minimum atomic E-state index is 0.307. The van der Waals surface area contributed by atoms with Gasteiger partial charge in [0.05, 0.1) is 0 Å². The van der Waals surface area contributed by atoms with Gasteiger partial charge < -0.3 is 5.73 Å². The zero-order valence-corrected chi connectivity index (χ0v) is 9.09. The van der Waals surface area contributed by atoms with E-state index >= 15 is 0 Å². The Morgan fingerprint density at radius 1 is 1.43 bits per heavy atom. The number of pyridine rings is 1. The van der Waals surface area contributed by atoms with Crippen molar-refractivity contribution in [2.75, 3.05) is 12.3 Å². The minimum absolute atomic E-state index is 0.307. The van der Waals surface area contributed by atoms with Crippen molar-refractivity contribution in [2.24, 2.45) is 5.73 Å². The first-order valence-corrected chi connectivity index (χ1v) is 6.06. The van der Waals surface area contributed by atoms with Crippen molar-refractivity contribution in [2.45, 2.75) is 24.0 Å². The first-order valence-electron chi connectivity index (χ1n) is 5.08. The topological polar surface area (TPSA) is 38.9 Å². The van der Waals surface area contributed by atoms with Gasteiger partial charge >= 0.3 is 0 Å². The Labute approximate surface area is 89.3 Å². The highest BCUT2D eigenvalue weighted by Crippen LogP contribution is 2.39. The maximum atomic E-state index is 5.88. The lowest BCUT2D eigenvalue weighted by Gasteiger charge is -2.26. The quantitative estimate of drug-likeness (QED) is 0.824. The Balaban J connectivity index is 2.08. The van der Waals surface area contributed by atoms with Crippen molar-refractivity contribution >= 4 is 11.8 Å². The molecule has 1 fully saturated rings. The molecule has 1 aromatic heterocycles. The molecule has 0 aliphatic carbocycles. The zero-order valence-electron chi connectivity index (χ0n) is 8.28. The van der Waals surface area contributed by atoms with Crippen LogP contribution < -0.4 is 5.73 Å². The average Bonchev–Trinajstić information content (AvgIpc) is 2.69. The van der Waals surface area contributed by atoms with Gasteiger partial charge in [0.15, 0.2) is 0 Å². The van der Waals surface area contributed by atoms with Crippen molar-refractivity contribution in [3.63, 3.8) is 0 Å². The van der Waals surface area contributed by atoms with E-state index in [-0.39, 0.29) is 0 Å². The largest absolute Gasteiger partial charge is 0.329 e. The summed E-state index contributed by atoms with van der Waals surface area (Å²) in [7, 11) is 0. The second-order valence-corrected chi connectivity index (χ2v) is 5.43. The number of nitrogens with zero attached hydrogens (tertiary/aromatic N) is 1. The number of hydrogen-bond donors (Lipinski definition) is 1. The molecule has 1 atom stereocenters. The van der Waals surface area contributed by atoms with E-state index in [1.54, 1.807) is 0 Å². The lowest BCUT2D eigenvalue weighted by molar-refractivity contribution is 0.564.